The van der Waals surface area contributed by atoms with Gasteiger partial charge in [0.15, 0.2) is 0 Å². The number of fused-ring (bicyclic) bond motifs is 1. The van der Waals surface area contributed by atoms with Crippen LogP contribution >= 0.6 is 0 Å². The highest BCUT2D eigenvalue weighted by Gasteiger charge is 2.43. The highest BCUT2D eigenvalue weighted by Crippen LogP contribution is 2.47. The van der Waals surface area contributed by atoms with Crippen LogP contribution in [0.2, 0.25) is 0 Å². The Kier molecular flexibility index (Phi) is 4.10. The van der Waals surface area contributed by atoms with Crippen molar-refractivity contribution < 1.29 is 9.53 Å². The Morgan fingerprint density at radius 3 is 2.76 bits per heavy atom. The third-order valence-corrected chi connectivity index (χ3v) is 4.76. The van der Waals surface area contributed by atoms with E-state index in [0.29, 0.717) is 5.92 Å². The molecule has 0 unspecified atom stereocenters. The second-order valence-electron chi connectivity index (χ2n) is 6.54. The summed E-state index contributed by atoms with van der Waals surface area (Å²) in [6.45, 7) is 1.97. The van der Waals surface area contributed by atoms with E-state index in [4.69, 9.17) is 4.74 Å². The third-order valence-electron chi connectivity index (χ3n) is 4.76. The zero-order valence-electron chi connectivity index (χ0n) is 14.1. The van der Waals surface area contributed by atoms with E-state index in [1.165, 1.54) is 5.56 Å². The van der Waals surface area contributed by atoms with Crippen LogP contribution in [0.25, 0.3) is 6.08 Å². The maximum atomic E-state index is 12.2. The summed E-state index contributed by atoms with van der Waals surface area (Å²) in [5.74, 6) is 1.20. The van der Waals surface area contributed by atoms with Crippen molar-refractivity contribution in [2.75, 3.05) is 0 Å². The van der Waals surface area contributed by atoms with Crippen LogP contribution in [-0.2, 0) is 4.79 Å². The van der Waals surface area contributed by atoms with Crippen LogP contribution in [0, 0.1) is 5.92 Å². The lowest BCUT2D eigenvalue weighted by atomic mass is 10.0. The summed E-state index contributed by atoms with van der Waals surface area (Å²) in [6, 6.07) is 18.0. The van der Waals surface area contributed by atoms with Crippen LogP contribution in [0.4, 0.5) is 0 Å². The summed E-state index contributed by atoms with van der Waals surface area (Å²) in [5, 5.41) is 4.13. The second-order valence-corrected chi connectivity index (χ2v) is 6.54. The van der Waals surface area contributed by atoms with Crippen LogP contribution in [0.5, 0.6) is 5.75 Å². The number of hydrogen-bond donors (Lipinski definition) is 1. The average Bonchev–Trinajstić information content (AvgIpc) is 3.44. The van der Waals surface area contributed by atoms with Gasteiger partial charge in [0.2, 0.25) is 5.91 Å². The molecule has 0 spiro atoms. The van der Waals surface area contributed by atoms with E-state index >= 15 is 0 Å². The van der Waals surface area contributed by atoms with Gasteiger partial charge in [-0.05, 0) is 37.0 Å². The molecular weight excluding hydrogens is 312 g/mol. The molecule has 1 saturated carbocycles. The fraction of sp³-hybridized carbons (Fsp3) is 0.238. The molecule has 1 N–H and O–H groups in total. The summed E-state index contributed by atoms with van der Waals surface area (Å²) < 4.78 is 5.86. The quantitative estimate of drug-likeness (QED) is 0.685. The Hall–Kier alpha value is -2.88. The molecule has 1 fully saturated rings. The van der Waals surface area contributed by atoms with Gasteiger partial charge in [0.05, 0.1) is 6.21 Å². The lowest BCUT2D eigenvalue weighted by Gasteiger charge is -2.22. The van der Waals surface area contributed by atoms with E-state index in [0.717, 1.165) is 23.3 Å². The van der Waals surface area contributed by atoms with Gasteiger partial charge in [-0.1, -0.05) is 48.5 Å². The SMILES string of the molecule is C[C@H]1Oc2ccccc2C=C1/C=N\NC(=O)[C@H]1C[C@@H]1c1ccccc1. The highest BCUT2D eigenvalue weighted by atomic mass is 16.5. The molecule has 2 aromatic carbocycles. The summed E-state index contributed by atoms with van der Waals surface area (Å²) in [6.07, 6.45) is 4.52. The van der Waals surface area contributed by atoms with Gasteiger partial charge in [-0.3, -0.25) is 4.79 Å². The number of hydrazone groups is 1. The first-order chi connectivity index (χ1) is 12.2. The molecule has 4 heteroatoms. The molecule has 1 amide bonds. The molecule has 1 heterocycles. The van der Waals surface area contributed by atoms with Crippen molar-refractivity contribution in [3.63, 3.8) is 0 Å². The minimum absolute atomic E-state index is 0.0181. The molecule has 1 aliphatic heterocycles. The molecule has 4 rings (SSSR count). The molecule has 0 bridgehead atoms. The number of hydrogen-bond acceptors (Lipinski definition) is 3. The van der Waals surface area contributed by atoms with Crippen molar-refractivity contribution in [1.82, 2.24) is 5.43 Å². The van der Waals surface area contributed by atoms with E-state index in [1.54, 1.807) is 6.21 Å². The van der Waals surface area contributed by atoms with Gasteiger partial charge < -0.3 is 4.74 Å². The average molecular weight is 332 g/mol. The maximum absolute atomic E-state index is 12.2. The van der Waals surface area contributed by atoms with Crippen molar-refractivity contribution in [3.05, 3.63) is 71.3 Å². The second kappa shape index (κ2) is 6.55. The fourth-order valence-electron chi connectivity index (χ4n) is 3.21. The first-order valence-corrected chi connectivity index (χ1v) is 8.57. The Morgan fingerprint density at radius 2 is 1.92 bits per heavy atom. The lowest BCUT2D eigenvalue weighted by molar-refractivity contribution is -0.122. The number of para-hydroxylation sites is 1. The Balaban J connectivity index is 1.37. The number of carbonyl (C=O) groups is 1. The monoisotopic (exact) mass is 332 g/mol. The number of rotatable bonds is 4. The number of amides is 1. The van der Waals surface area contributed by atoms with Crippen LogP contribution in [0.1, 0.15) is 30.4 Å². The van der Waals surface area contributed by atoms with Crippen molar-refractivity contribution >= 4 is 18.2 Å². The Bertz CT molecular complexity index is 842. The summed E-state index contributed by atoms with van der Waals surface area (Å²) in [4.78, 5) is 12.2. The van der Waals surface area contributed by atoms with E-state index in [1.807, 2.05) is 55.5 Å². The molecule has 0 aromatic heterocycles. The number of benzene rings is 2. The Morgan fingerprint density at radius 1 is 1.16 bits per heavy atom. The van der Waals surface area contributed by atoms with Crippen molar-refractivity contribution in [1.29, 1.82) is 0 Å². The summed E-state index contributed by atoms with van der Waals surface area (Å²) in [5.41, 5.74) is 5.86. The van der Waals surface area contributed by atoms with E-state index in [-0.39, 0.29) is 17.9 Å². The number of nitrogens with one attached hydrogen (secondary N) is 1. The number of nitrogens with zero attached hydrogens (tertiary/aromatic N) is 1. The molecular formula is C21H20N2O2. The number of ether oxygens (including phenoxy) is 1. The van der Waals surface area contributed by atoms with E-state index < -0.39 is 0 Å². The molecule has 0 saturated heterocycles. The predicted octanol–water partition coefficient (Wildman–Crippen LogP) is 3.76. The lowest BCUT2D eigenvalue weighted by Crippen LogP contribution is -2.23. The van der Waals surface area contributed by atoms with Crippen molar-refractivity contribution in [2.24, 2.45) is 11.0 Å². The fourth-order valence-corrected chi connectivity index (χ4v) is 3.21. The third kappa shape index (κ3) is 3.33. The molecule has 2 aliphatic rings. The van der Waals surface area contributed by atoms with Gasteiger partial charge in [-0.2, -0.15) is 5.10 Å². The van der Waals surface area contributed by atoms with Crippen LogP contribution in [0.15, 0.2) is 65.3 Å². The van der Waals surface area contributed by atoms with Gasteiger partial charge in [0.1, 0.15) is 11.9 Å². The van der Waals surface area contributed by atoms with Crippen LogP contribution in [0.3, 0.4) is 0 Å². The molecule has 0 radical (unpaired) electrons. The summed E-state index contributed by atoms with van der Waals surface area (Å²) >= 11 is 0. The van der Waals surface area contributed by atoms with Gasteiger partial charge >= 0.3 is 0 Å². The predicted molar refractivity (Wildman–Crippen MR) is 98.4 cm³/mol. The van der Waals surface area contributed by atoms with E-state index in [2.05, 4.69) is 22.7 Å². The van der Waals surface area contributed by atoms with Gasteiger partial charge in [-0.15, -0.1) is 0 Å². The molecule has 1 aliphatic carbocycles. The minimum atomic E-state index is -0.0893. The van der Waals surface area contributed by atoms with Crippen molar-refractivity contribution in [3.8, 4) is 5.75 Å². The Labute approximate surface area is 147 Å². The number of carbonyl (C=O) groups excluding carboxylic acids is 1. The first-order valence-electron chi connectivity index (χ1n) is 8.57. The zero-order chi connectivity index (χ0) is 17.2. The van der Waals surface area contributed by atoms with Crippen molar-refractivity contribution in [2.45, 2.75) is 25.4 Å². The van der Waals surface area contributed by atoms with Gasteiger partial charge in [-0.25, -0.2) is 5.43 Å². The smallest absolute Gasteiger partial charge is 0.243 e. The normalized spacial score (nSPS) is 24.2. The van der Waals surface area contributed by atoms with E-state index in [9.17, 15) is 4.79 Å². The van der Waals surface area contributed by atoms with Crippen LogP contribution < -0.4 is 10.2 Å². The topological polar surface area (TPSA) is 50.7 Å². The molecule has 126 valence electrons. The largest absolute Gasteiger partial charge is 0.485 e. The molecule has 2 aromatic rings. The minimum Gasteiger partial charge on any atom is -0.485 e. The molecule has 25 heavy (non-hydrogen) atoms. The van der Waals surface area contributed by atoms with Gasteiger partial charge in [0, 0.05) is 17.1 Å². The molecule has 4 nitrogen and oxygen atoms in total. The maximum Gasteiger partial charge on any atom is 0.243 e. The summed E-state index contributed by atoms with van der Waals surface area (Å²) in [7, 11) is 0. The van der Waals surface area contributed by atoms with Crippen LogP contribution in [-0.4, -0.2) is 18.2 Å². The zero-order valence-corrected chi connectivity index (χ0v) is 14.1. The van der Waals surface area contributed by atoms with Gasteiger partial charge in [0.25, 0.3) is 0 Å². The first kappa shape index (κ1) is 15.6. The standard InChI is InChI=1S/C21H20N2O2/c1-14-17(11-16-9-5-6-10-20(16)25-14)13-22-23-21(24)19-12-18(19)15-7-3-2-4-8-15/h2-11,13-14,18-19H,12H2,1H3,(H,23,24)/b22-13-/t14-,18-,19+/m1/s1. The molecule has 3 atom stereocenters. The highest BCUT2D eigenvalue weighted by molar-refractivity contribution is 5.90.